The Labute approximate surface area is 126 Å². The molecule has 6 nitrogen and oxygen atoms in total. The summed E-state index contributed by atoms with van der Waals surface area (Å²) in [5.41, 5.74) is 1.15. The summed E-state index contributed by atoms with van der Waals surface area (Å²) in [4.78, 5) is 32.8. The molecule has 1 N–H and O–H groups in total. The summed E-state index contributed by atoms with van der Waals surface area (Å²) < 4.78 is 1.26. The molecule has 0 radical (unpaired) electrons. The molecule has 1 amide bonds. The van der Waals surface area contributed by atoms with Crippen molar-refractivity contribution < 1.29 is 4.79 Å². The Bertz CT molecular complexity index is 888. The van der Waals surface area contributed by atoms with E-state index in [1.807, 2.05) is 6.07 Å². The maximum Gasteiger partial charge on any atom is 0.287 e. The van der Waals surface area contributed by atoms with Crippen molar-refractivity contribution in [1.82, 2.24) is 19.9 Å². The van der Waals surface area contributed by atoms with E-state index in [9.17, 15) is 9.59 Å². The fraction of sp³-hybridized carbons (Fsp3) is 0.125. The average molecular weight is 294 g/mol. The molecule has 2 heterocycles. The van der Waals surface area contributed by atoms with Gasteiger partial charge in [0, 0.05) is 26.0 Å². The number of aromatic nitrogens is 3. The molecule has 0 aliphatic heterocycles. The van der Waals surface area contributed by atoms with Crippen molar-refractivity contribution in [3.8, 4) is 0 Å². The molecule has 0 fully saturated rings. The number of rotatable bonds is 3. The van der Waals surface area contributed by atoms with Gasteiger partial charge in [0.05, 0.1) is 10.9 Å². The molecule has 2 aromatic heterocycles. The van der Waals surface area contributed by atoms with Crippen LogP contribution < -0.4 is 10.9 Å². The Hall–Kier alpha value is -3.02. The van der Waals surface area contributed by atoms with Gasteiger partial charge in [-0.05, 0) is 23.8 Å². The summed E-state index contributed by atoms with van der Waals surface area (Å²) in [6, 6.07) is 10.6. The van der Waals surface area contributed by atoms with Gasteiger partial charge >= 0.3 is 0 Å². The Morgan fingerprint density at radius 3 is 2.82 bits per heavy atom. The van der Waals surface area contributed by atoms with Crippen LogP contribution in [-0.2, 0) is 13.6 Å². The highest BCUT2D eigenvalue weighted by atomic mass is 16.2. The molecule has 0 unspecified atom stereocenters. The maximum atomic E-state index is 12.3. The average Bonchev–Trinajstić information content (AvgIpc) is 2.57. The molecular weight excluding hydrogens is 280 g/mol. The lowest BCUT2D eigenvalue weighted by molar-refractivity contribution is 0.0936. The normalized spacial score (nSPS) is 10.6. The van der Waals surface area contributed by atoms with Gasteiger partial charge < -0.3 is 5.32 Å². The molecule has 3 aromatic rings. The summed E-state index contributed by atoms with van der Waals surface area (Å²) in [6.45, 7) is 0.329. The van der Waals surface area contributed by atoms with Crippen LogP contribution in [0.4, 0.5) is 0 Å². The third kappa shape index (κ3) is 2.58. The van der Waals surface area contributed by atoms with Crippen molar-refractivity contribution in [1.29, 1.82) is 0 Å². The highest BCUT2D eigenvalue weighted by Crippen LogP contribution is 2.07. The Morgan fingerprint density at radius 1 is 1.23 bits per heavy atom. The predicted molar refractivity (Wildman–Crippen MR) is 82.4 cm³/mol. The second kappa shape index (κ2) is 5.77. The van der Waals surface area contributed by atoms with Crippen molar-refractivity contribution in [3.05, 3.63) is 70.5 Å². The van der Waals surface area contributed by atoms with Crippen molar-refractivity contribution >= 4 is 16.8 Å². The van der Waals surface area contributed by atoms with E-state index >= 15 is 0 Å². The molecule has 0 spiro atoms. The van der Waals surface area contributed by atoms with Gasteiger partial charge in [0.2, 0.25) is 5.82 Å². The van der Waals surface area contributed by atoms with Crippen LogP contribution in [0.5, 0.6) is 0 Å². The maximum absolute atomic E-state index is 12.3. The summed E-state index contributed by atoms with van der Waals surface area (Å²) in [7, 11) is 1.54. The minimum absolute atomic E-state index is 0.0904. The van der Waals surface area contributed by atoms with Gasteiger partial charge in [-0.2, -0.15) is 0 Å². The molecule has 110 valence electrons. The number of carbonyl (C=O) groups excluding carboxylic acids is 1. The second-order valence-corrected chi connectivity index (χ2v) is 4.86. The number of nitrogens with one attached hydrogen (secondary N) is 1. The van der Waals surface area contributed by atoms with E-state index in [4.69, 9.17) is 0 Å². The monoisotopic (exact) mass is 294 g/mol. The molecule has 3 rings (SSSR count). The van der Waals surface area contributed by atoms with E-state index in [1.165, 1.54) is 4.57 Å². The van der Waals surface area contributed by atoms with Gasteiger partial charge in [-0.25, -0.2) is 4.98 Å². The zero-order valence-electron chi connectivity index (χ0n) is 12.0. The van der Waals surface area contributed by atoms with Crippen molar-refractivity contribution in [3.63, 3.8) is 0 Å². The molecular formula is C16H14N4O2. The van der Waals surface area contributed by atoms with E-state index in [0.29, 0.717) is 17.4 Å². The van der Waals surface area contributed by atoms with Gasteiger partial charge in [0.25, 0.3) is 11.5 Å². The van der Waals surface area contributed by atoms with Crippen LogP contribution in [0.25, 0.3) is 10.9 Å². The first kappa shape index (κ1) is 13.9. The van der Waals surface area contributed by atoms with Gasteiger partial charge in [0.1, 0.15) is 0 Å². The second-order valence-electron chi connectivity index (χ2n) is 4.86. The molecule has 0 aliphatic rings. The van der Waals surface area contributed by atoms with E-state index in [2.05, 4.69) is 15.3 Å². The number of nitrogens with zero attached hydrogens (tertiary/aromatic N) is 3. The van der Waals surface area contributed by atoms with Crippen LogP contribution >= 0.6 is 0 Å². The largest absolute Gasteiger partial charge is 0.345 e. The van der Waals surface area contributed by atoms with E-state index in [0.717, 1.165) is 5.56 Å². The van der Waals surface area contributed by atoms with Crippen LogP contribution in [0.15, 0.2) is 53.6 Å². The molecule has 0 bridgehead atoms. The predicted octanol–water partition coefficient (Wildman–Crippen LogP) is 1.26. The molecule has 0 saturated carbocycles. The number of benzene rings is 1. The lowest BCUT2D eigenvalue weighted by atomic mass is 10.2. The highest BCUT2D eigenvalue weighted by molar-refractivity contribution is 5.92. The number of para-hydroxylation sites is 1. The van der Waals surface area contributed by atoms with Gasteiger partial charge in [0.15, 0.2) is 0 Å². The fourth-order valence-electron chi connectivity index (χ4n) is 2.19. The van der Waals surface area contributed by atoms with Crippen LogP contribution in [0, 0.1) is 0 Å². The SMILES string of the molecule is Cn1c(C(=O)NCc2cccnc2)nc2ccccc2c1=O. The third-order valence-corrected chi connectivity index (χ3v) is 3.36. The fourth-order valence-corrected chi connectivity index (χ4v) is 2.19. The first-order chi connectivity index (χ1) is 10.7. The highest BCUT2D eigenvalue weighted by Gasteiger charge is 2.14. The summed E-state index contributed by atoms with van der Waals surface area (Å²) in [5.74, 6) is -0.304. The minimum Gasteiger partial charge on any atom is -0.345 e. The van der Waals surface area contributed by atoms with Crippen molar-refractivity contribution in [2.75, 3.05) is 0 Å². The van der Waals surface area contributed by atoms with Crippen LogP contribution in [-0.4, -0.2) is 20.4 Å². The minimum atomic E-state index is -0.394. The quantitative estimate of drug-likeness (QED) is 0.789. The van der Waals surface area contributed by atoms with Crippen molar-refractivity contribution in [2.24, 2.45) is 7.05 Å². The summed E-state index contributed by atoms with van der Waals surface area (Å²) >= 11 is 0. The Morgan fingerprint density at radius 2 is 2.05 bits per heavy atom. The zero-order chi connectivity index (χ0) is 15.5. The van der Waals surface area contributed by atoms with Gasteiger partial charge in [-0.1, -0.05) is 18.2 Å². The Balaban J connectivity index is 1.91. The summed E-state index contributed by atoms with van der Waals surface area (Å²) in [5, 5.41) is 3.24. The molecule has 0 saturated heterocycles. The van der Waals surface area contributed by atoms with E-state index < -0.39 is 5.91 Å². The van der Waals surface area contributed by atoms with E-state index in [-0.39, 0.29) is 11.4 Å². The van der Waals surface area contributed by atoms with Crippen LogP contribution in [0.3, 0.4) is 0 Å². The first-order valence-electron chi connectivity index (χ1n) is 6.79. The topological polar surface area (TPSA) is 76.9 Å². The lowest BCUT2D eigenvalue weighted by Gasteiger charge is -2.09. The number of fused-ring (bicyclic) bond motifs is 1. The number of carbonyl (C=O) groups is 1. The Kier molecular flexibility index (Phi) is 3.65. The van der Waals surface area contributed by atoms with Gasteiger partial charge in [-0.15, -0.1) is 0 Å². The van der Waals surface area contributed by atoms with Crippen molar-refractivity contribution in [2.45, 2.75) is 6.54 Å². The van der Waals surface area contributed by atoms with Crippen LogP contribution in [0.1, 0.15) is 16.2 Å². The first-order valence-corrected chi connectivity index (χ1v) is 6.79. The van der Waals surface area contributed by atoms with Gasteiger partial charge in [-0.3, -0.25) is 19.1 Å². The molecule has 0 aliphatic carbocycles. The summed E-state index contributed by atoms with van der Waals surface area (Å²) in [6.07, 6.45) is 3.34. The number of pyridine rings is 1. The molecule has 0 atom stereocenters. The third-order valence-electron chi connectivity index (χ3n) is 3.36. The number of amides is 1. The standard InChI is InChI=1S/C16H14N4O2/c1-20-14(15(21)18-10-11-5-4-8-17-9-11)19-13-7-3-2-6-12(13)16(20)22/h2-9H,10H2,1H3,(H,18,21). The van der Waals surface area contributed by atoms with E-state index in [1.54, 1.807) is 49.8 Å². The lowest BCUT2D eigenvalue weighted by Crippen LogP contribution is -2.32. The smallest absolute Gasteiger partial charge is 0.287 e. The molecule has 1 aromatic carbocycles. The van der Waals surface area contributed by atoms with Crippen LogP contribution in [0.2, 0.25) is 0 Å². The zero-order valence-corrected chi connectivity index (χ0v) is 12.0. The number of hydrogen-bond donors (Lipinski definition) is 1. The number of hydrogen-bond acceptors (Lipinski definition) is 4. The molecule has 6 heteroatoms. The molecule has 22 heavy (non-hydrogen) atoms.